The van der Waals surface area contributed by atoms with Crippen molar-refractivity contribution in [1.82, 2.24) is 0 Å². The van der Waals surface area contributed by atoms with E-state index in [2.05, 4.69) is 0 Å². The number of nitro groups is 1. The van der Waals surface area contributed by atoms with Crippen molar-refractivity contribution in [2.24, 2.45) is 0 Å². The molecule has 8 heteroatoms. The minimum Gasteiger partial charge on any atom is -0.496 e. The molecule has 0 aromatic heterocycles. The molecule has 8 nitrogen and oxygen atoms in total. The summed E-state index contributed by atoms with van der Waals surface area (Å²) in [5, 5.41) is 10.9. The van der Waals surface area contributed by atoms with Crippen LogP contribution in [0.15, 0.2) is 36.4 Å². The molecule has 0 saturated heterocycles. The van der Waals surface area contributed by atoms with Gasteiger partial charge in [0.05, 0.1) is 26.3 Å². The number of benzene rings is 2. The molecule has 2 aromatic carbocycles. The van der Waals surface area contributed by atoms with Crippen LogP contribution in [0.3, 0.4) is 0 Å². The lowest BCUT2D eigenvalue weighted by Crippen LogP contribution is -2.11. The lowest BCUT2D eigenvalue weighted by Gasteiger charge is -2.16. The summed E-state index contributed by atoms with van der Waals surface area (Å²) in [5.74, 6) is 0.372. The Hall–Kier alpha value is -3.29. The Bertz CT molecular complexity index is 819. The molecular weight excluding hydrogens is 342 g/mol. The summed E-state index contributed by atoms with van der Waals surface area (Å²) in [7, 11) is 4.34. The monoisotopic (exact) mass is 361 g/mol. The van der Waals surface area contributed by atoms with E-state index in [9.17, 15) is 14.9 Å². The zero-order valence-corrected chi connectivity index (χ0v) is 14.8. The highest BCUT2D eigenvalue weighted by atomic mass is 16.6. The van der Waals surface area contributed by atoms with E-state index in [-0.39, 0.29) is 17.0 Å². The predicted molar refractivity (Wildman–Crippen MR) is 93.0 cm³/mol. The van der Waals surface area contributed by atoms with Gasteiger partial charge in [-0.15, -0.1) is 0 Å². The summed E-state index contributed by atoms with van der Waals surface area (Å²) >= 11 is 0. The number of hydrogen-bond donors (Lipinski definition) is 0. The molecular formula is C18H19NO7. The number of nitro benzene ring substituents is 1. The van der Waals surface area contributed by atoms with Gasteiger partial charge in [-0.05, 0) is 12.5 Å². The van der Waals surface area contributed by atoms with Crippen molar-refractivity contribution < 1.29 is 28.7 Å². The fourth-order valence-electron chi connectivity index (χ4n) is 2.37. The lowest BCUT2D eigenvalue weighted by molar-refractivity contribution is -0.385. The van der Waals surface area contributed by atoms with Crippen molar-refractivity contribution in [3.8, 4) is 17.2 Å². The van der Waals surface area contributed by atoms with Crippen molar-refractivity contribution in [1.29, 1.82) is 0 Å². The summed E-state index contributed by atoms with van der Waals surface area (Å²) in [6, 6.07) is 8.90. The third kappa shape index (κ3) is 4.02. The van der Waals surface area contributed by atoms with Gasteiger partial charge in [0.25, 0.3) is 5.69 Å². The second kappa shape index (κ2) is 8.19. The number of non-ortho nitro benzene ring substituents is 1. The van der Waals surface area contributed by atoms with Crippen molar-refractivity contribution in [3.05, 3.63) is 57.6 Å². The second-order valence-electron chi connectivity index (χ2n) is 5.31. The van der Waals surface area contributed by atoms with Gasteiger partial charge in [-0.2, -0.15) is 0 Å². The number of carbonyl (C=O) groups is 1. The Morgan fingerprint density at radius 1 is 1.00 bits per heavy atom. The van der Waals surface area contributed by atoms with Crippen LogP contribution in [0, 0.1) is 10.1 Å². The third-order valence-corrected chi connectivity index (χ3v) is 3.76. The highest BCUT2D eigenvalue weighted by molar-refractivity contribution is 5.93. The number of carbonyl (C=O) groups excluding carboxylic acids is 1. The summed E-state index contributed by atoms with van der Waals surface area (Å²) in [6.45, 7) is 1.63. The van der Waals surface area contributed by atoms with E-state index < -0.39 is 17.0 Å². The highest BCUT2D eigenvalue weighted by Crippen LogP contribution is 2.35. The number of rotatable bonds is 7. The number of hydrogen-bond acceptors (Lipinski definition) is 7. The molecule has 0 aliphatic carbocycles. The van der Waals surface area contributed by atoms with Gasteiger partial charge in [0.1, 0.15) is 17.4 Å². The zero-order valence-electron chi connectivity index (χ0n) is 14.8. The average molecular weight is 361 g/mol. The molecule has 1 atom stereocenters. The Kier molecular flexibility index (Phi) is 6.00. The van der Waals surface area contributed by atoms with Crippen LogP contribution in [-0.4, -0.2) is 32.2 Å². The minimum absolute atomic E-state index is 0.0749. The maximum atomic E-state index is 12.6. The van der Waals surface area contributed by atoms with Gasteiger partial charge < -0.3 is 18.9 Å². The molecule has 0 fully saturated rings. The van der Waals surface area contributed by atoms with E-state index in [0.717, 1.165) is 0 Å². The molecule has 0 heterocycles. The van der Waals surface area contributed by atoms with Crippen molar-refractivity contribution >= 4 is 11.7 Å². The Balaban J connectivity index is 2.29. The van der Waals surface area contributed by atoms with Crippen LogP contribution >= 0.6 is 0 Å². The summed E-state index contributed by atoms with van der Waals surface area (Å²) in [5.41, 5.74) is 0.587. The maximum absolute atomic E-state index is 12.6. The van der Waals surface area contributed by atoms with Gasteiger partial charge in [0.2, 0.25) is 0 Å². The van der Waals surface area contributed by atoms with Crippen LogP contribution < -0.4 is 14.2 Å². The molecule has 0 saturated carbocycles. The predicted octanol–water partition coefficient (Wildman–Crippen LogP) is 3.54. The number of ether oxygens (including phenoxy) is 4. The highest BCUT2D eigenvalue weighted by Gasteiger charge is 2.22. The van der Waals surface area contributed by atoms with Crippen molar-refractivity contribution in [3.63, 3.8) is 0 Å². The van der Waals surface area contributed by atoms with Crippen LogP contribution in [0.4, 0.5) is 5.69 Å². The fraction of sp³-hybridized carbons (Fsp3) is 0.278. The third-order valence-electron chi connectivity index (χ3n) is 3.76. The molecule has 2 rings (SSSR count). The Morgan fingerprint density at radius 3 is 2.19 bits per heavy atom. The van der Waals surface area contributed by atoms with Crippen LogP contribution in [0.5, 0.6) is 17.2 Å². The van der Waals surface area contributed by atoms with E-state index in [1.807, 2.05) is 0 Å². The number of nitrogens with zero attached hydrogens (tertiary/aromatic N) is 1. The second-order valence-corrected chi connectivity index (χ2v) is 5.31. The van der Waals surface area contributed by atoms with Crippen LogP contribution in [-0.2, 0) is 4.74 Å². The van der Waals surface area contributed by atoms with Gasteiger partial charge in [-0.3, -0.25) is 10.1 Å². The van der Waals surface area contributed by atoms with Crippen LogP contribution in [0.25, 0.3) is 0 Å². The Labute approximate surface area is 150 Å². The summed E-state index contributed by atoms with van der Waals surface area (Å²) in [4.78, 5) is 22.9. The fourth-order valence-corrected chi connectivity index (χ4v) is 2.37. The minimum atomic E-state index is -0.694. The van der Waals surface area contributed by atoms with Gasteiger partial charge >= 0.3 is 5.97 Å². The molecule has 0 amide bonds. The molecule has 0 bridgehead atoms. The first kappa shape index (κ1) is 19.0. The van der Waals surface area contributed by atoms with E-state index in [4.69, 9.17) is 18.9 Å². The average Bonchev–Trinajstić information content (AvgIpc) is 2.66. The molecule has 0 aliphatic heterocycles. The number of esters is 1. The van der Waals surface area contributed by atoms with Crippen molar-refractivity contribution in [2.45, 2.75) is 13.0 Å². The SMILES string of the molecule is COc1cc(OC)c(C(=O)O[C@H](C)c2cccc([N+](=O)[O-])c2)cc1OC. The summed E-state index contributed by atoms with van der Waals surface area (Å²) in [6.07, 6.45) is -0.694. The quantitative estimate of drug-likeness (QED) is 0.423. The van der Waals surface area contributed by atoms with Gasteiger partial charge in [0.15, 0.2) is 11.5 Å². The van der Waals surface area contributed by atoms with Crippen LogP contribution in [0.1, 0.15) is 28.9 Å². The molecule has 0 radical (unpaired) electrons. The molecule has 138 valence electrons. The van der Waals surface area contributed by atoms with Gasteiger partial charge in [0, 0.05) is 24.3 Å². The first-order valence-electron chi connectivity index (χ1n) is 7.66. The standard InChI is InChI=1S/C18H19NO7/c1-11(12-6-5-7-13(8-12)19(21)22)26-18(20)14-9-16(24-3)17(25-4)10-15(14)23-2/h5-11H,1-4H3/t11-/m1/s1. The van der Waals surface area contributed by atoms with E-state index in [1.165, 1.54) is 51.7 Å². The first-order valence-corrected chi connectivity index (χ1v) is 7.66. The van der Waals surface area contributed by atoms with E-state index >= 15 is 0 Å². The lowest BCUT2D eigenvalue weighted by atomic mass is 10.1. The van der Waals surface area contributed by atoms with Gasteiger partial charge in [-0.1, -0.05) is 12.1 Å². The largest absolute Gasteiger partial charge is 0.496 e. The normalized spacial score (nSPS) is 11.4. The van der Waals surface area contributed by atoms with E-state index in [1.54, 1.807) is 13.0 Å². The Morgan fingerprint density at radius 2 is 1.62 bits per heavy atom. The smallest absolute Gasteiger partial charge is 0.342 e. The zero-order chi connectivity index (χ0) is 19.3. The number of methoxy groups -OCH3 is 3. The molecule has 26 heavy (non-hydrogen) atoms. The molecule has 0 aliphatic rings. The van der Waals surface area contributed by atoms with Gasteiger partial charge in [-0.25, -0.2) is 4.79 Å². The molecule has 0 unspecified atom stereocenters. The first-order chi connectivity index (χ1) is 12.4. The molecule has 2 aromatic rings. The topological polar surface area (TPSA) is 97.1 Å². The molecule has 0 spiro atoms. The maximum Gasteiger partial charge on any atom is 0.342 e. The summed E-state index contributed by atoms with van der Waals surface area (Å²) < 4.78 is 21.0. The van der Waals surface area contributed by atoms with Crippen LogP contribution in [0.2, 0.25) is 0 Å². The molecule has 0 N–H and O–H groups in total. The van der Waals surface area contributed by atoms with E-state index in [0.29, 0.717) is 17.1 Å². The van der Waals surface area contributed by atoms with Crippen molar-refractivity contribution in [2.75, 3.05) is 21.3 Å².